The molecule has 31 heteroatoms. The van der Waals surface area contributed by atoms with Gasteiger partial charge in [-0.25, -0.2) is 89.7 Å². The molecule has 30 nitrogen and oxygen atoms in total. The topological polar surface area (TPSA) is 447 Å². The summed E-state index contributed by atoms with van der Waals surface area (Å²) in [6.45, 7) is 0. The fraction of sp³-hybridized carbons (Fsp3) is 0. The minimum atomic E-state index is -1.32. The molecule has 0 amide bonds. The second-order valence-corrected chi connectivity index (χ2v) is 30.8. The van der Waals surface area contributed by atoms with E-state index in [0.29, 0.717) is 170 Å². The van der Waals surface area contributed by atoms with Crippen LogP contribution in [0.15, 0.2) is 273 Å². The van der Waals surface area contributed by atoms with Gasteiger partial charge < -0.3 is 59.6 Å². The van der Waals surface area contributed by atoms with Crippen molar-refractivity contribution in [2.24, 2.45) is 0 Å². The van der Waals surface area contributed by atoms with Gasteiger partial charge in [0, 0.05) is 148 Å². The van der Waals surface area contributed by atoms with Crippen LogP contribution in [-0.2, 0) is 20.1 Å². The molecule has 6 aliphatic heterocycles. The van der Waals surface area contributed by atoms with Crippen LogP contribution in [0.4, 0.5) is 0 Å². The first-order valence-electron chi connectivity index (χ1n) is 40.7. The van der Waals surface area contributed by atoms with Crippen LogP contribution in [0.5, 0.6) is 0 Å². The molecule has 0 aliphatic carbocycles. The van der Waals surface area contributed by atoms with E-state index in [9.17, 15) is 29.7 Å². The van der Waals surface area contributed by atoms with E-state index in [4.69, 9.17) is 89.7 Å². The Bertz CT molecular complexity index is 8370. The predicted octanol–water partition coefficient (Wildman–Crippen LogP) is 15.7. The normalized spacial score (nSPS) is 11.8. The quantitative estimate of drug-likeness (QED) is 0.0956. The molecule has 0 saturated heterocycles. The molecule has 0 saturated carbocycles. The third-order valence-electron chi connectivity index (χ3n) is 23.4. The molecular weight excluding hydrogens is 1810 g/mol. The van der Waals surface area contributed by atoms with Gasteiger partial charge in [0.2, 0.25) is 0 Å². The Kier molecular flexibility index (Phi) is 17.1. The van der Waals surface area contributed by atoms with Crippen LogP contribution in [0.25, 0.3) is 269 Å². The van der Waals surface area contributed by atoms with Crippen LogP contribution in [0, 0.1) is 0 Å². The Morgan fingerprint density at radius 2 is 0.292 bits per heavy atom. The maximum atomic E-state index is 12.2. The Hall–Kier alpha value is -18.2. The standard InChI is InChI=1S/3C33H18N8O2.Ir/c3*42-33(43)23-15-7-14-22-24(23)32-40-30-21-13-6-5-12-20(21)28(38-30)36-26-17-9-2-1-8-16(17)25(34-26)35-27-18-10-3-4-11-19(18)29(37-27)39-31(22)41-32;/h3*1-15H,(H,42,43)(H2,34,35,36,37,38,39,40,41);/q;;;+3/p-3. The van der Waals surface area contributed by atoms with Gasteiger partial charge in [-0.1, -0.05) is 273 Å². The van der Waals surface area contributed by atoms with Gasteiger partial charge in [0.1, 0.15) is 67.8 Å². The minimum absolute atomic E-state index is 0. The fourth-order valence-corrected chi connectivity index (χ4v) is 17.6. The second kappa shape index (κ2) is 29.5. The smallest absolute Gasteiger partial charge is 0.545 e. The number of nitrogens with zero attached hydrogens (tertiary/aromatic N) is 18. The van der Waals surface area contributed by atoms with E-state index >= 15 is 0 Å². The van der Waals surface area contributed by atoms with E-state index in [2.05, 4.69) is 29.9 Å². The summed E-state index contributed by atoms with van der Waals surface area (Å²) in [6.07, 6.45) is 0. The number of H-pyrrole nitrogens is 6. The summed E-state index contributed by atoms with van der Waals surface area (Å²) in [5.41, 5.74) is 15.3. The molecule has 612 valence electrons. The first kappa shape index (κ1) is 75.5. The van der Waals surface area contributed by atoms with Gasteiger partial charge in [-0.3, -0.25) is 0 Å². The predicted molar refractivity (Wildman–Crippen MR) is 481 cm³/mol. The number of nitrogens with one attached hydrogen (secondary N) is 6. The summed E-state index contributed by atoms with van der Waals surface area (Å²) >= 11 is 0. The molecule has 0 fully saturated rings. The van der Waals surface area contributed by atoms with Crippen molar-refractivity contribution in [3.05, 3.63) is 290 Å². The molecule has 27 rings (SSSR count). The van der Waals surface area contributed by atoms with Crippen molar-refractivity contribution in [1.29, 1.82) is 0 Å². The van der Waals surface area contributed by atoms with Gasteiger partial charge in [-0.15, -0.1) is 0 Å². The number of fused-ring (bicyclic) bond motifs is 60. The van der Waals surface area contributed by atoms with E-state index in [-0.39, 0.29) is 36.8 Å². The number of aromatic nitrogens is 24. The maximum Gasteiger partial charge on any atom is 3.00 e. The fourth-order valence-electron chi connectivity index (χ4n) is 17.6. The summed E-state index contributed by atoms with van der Waals surface area (Å²) < 4.78 is 0. The molecule has 24 bridgehead atoms. The van der Waals surface area contributed by atoms with Gasteiger partial charge >= 0.3 is 20.1 Å². The number of hydrogen-bond donors (Lipinski definition) is 6. The van der Waals surface area contributed by atoms with Crippen LogP contribution in [0.2, 0.25) is 0 Å². The summed E-state index contributed by atoms with van der Waals surface area (Å²) in [5.74, 6) is 1.45. The first-order valence-corrected chi connectivity index (χ1v) is 40.7. The van der Waals surface area contributed by atoms with Crippen molar-refractivity contribution in [3.8, 4) is 137 Å². The SMILES string of the molecule is O=C([O-])c1cccc2c3nc4nc(nc5[nH]c(nc6nc(nc([nH]3)c12)-c1ccccc1-6)c1ccccc51)-c1ccccc1-4.O=C([O-])c1cccc2c3nc4nc(nc5[nH]c(nc6nc(nc([nH]3)c12)-c1ccccc1-6)c1ccccc51)-c1ccccc1-4.O=C([O-])c1cccc2c3nc4nc(nc5[nH]c(nc6nc(nc([nH]3)c12)-c1ccccc1-6)c1ccccc51)-c1ccccc1-4.[Ir+3]. The molecule has 130 heavy (non-hydrogen) atoms. The molecule has 6 N–H and O–H groups in total. The number of carbonyl (C=O) groups excluding carboxylic acids is 3. The second-order valence-electron chi connectivity index (χ2n) is 30.8. The Labute approximate surface area is 741 Å². The molecule has 12 aromatic carbocycles. The van der Waals surface area contributed by atoms with E-state index in [0.717, 1.165) is 99.1 Å². The number of carboxylic acids is 3. The Morgan fingerprint density at radius 1 is 0.162 bits per heavy atom. The number of aromatic carboxylic acids is 3. The molecule has 0 radical (unpaired) electrons. The average Bonchev–Trinajstić information content (AvgIpc) is 1.60. The summed E-state index contributed by atoms with van der Waals surface area (Å²) in [5, 5.41) is 44.8. The third-order valence-corrected chi connectivity index (χ3v) is 23.4. The van der Waals surface area contributed by atoms with Gasteiger partial charge in [-0.2, -0.15) is 0 Å². The molecular formula is C99H51IrN24O6. The number of carboxylic acid groups (broad SMARTS) is 3. The van der Waals surface area contributed by atoms with Crippen LogP contribution in [0.1, 0.15) is 31.1 Å². The van der Waals surface area contributed by atoms with Crippen LogP contribution < -0.4 is 15.3 Å². The van der Waals surface area contributed by atoms with Crippen molar-refractivity contribution < 1.29 is 49.8 Å². The van der Waals surface area contributed by atoms with Crippen LogP contribution in [-0.4, -0.2) is 138 Å². The zero-order valence-electron chi connectivity index (χ0n) is 66.8. The van der Waals surface area contributed by atoms with Crippen molar-refractivity contribution >= 4 is 150 Å². The number of rotatable bonds is 3. The van der Waals surface area contributed by atoms with E-state index in [1.807, 2.05) is 218 Å². The molecule has 0 atom stereocenters. The van der Waals surface area contributed by atoms with Crippen molar-refractivity contribution in [3.63, 3.8) is 0 Å². The molecule has 6 aliphatic rings. The molecule has 15 heterocycles. The van der Waals surface area contributed by atoms with Crippen molar-refractivity contribution in [2.75, 3.05) is 0 Å². The van der Waals surface area contributed by atoms with Crippen molar-refractivity contribution in [2.45, 2.75) is 0 Å². The van der Waals surface area contributed by atoms with Gasteiger partial charge in [0.05, 0.1) is 17.9 Å². The van der Waals surface area contributed by atoms with Crippen LogP contribution in [0.3, 0.4) is 0 Å². The molecule has 9 aromatic heterocycles. The number of carbonyl (C=O) groups is 3. The maximum absolute atomic E-state index is 12.2. The first-order chi connectivity index (χ1) is 63.4. The molecule has 0 spiro atoms. The minimum Gasteiger partial charge on any atom is -0.545 e. The number of aromatic amines is 6. The molecule has 21 aromatic rings. The van der Waals surface area contributed by atoms with Gasteiger partial charge in [0.15, 0.2) is 69.9 Å². The average molecular weight is 1860 g/mol. The number of hydrogen-bond acceptors (Lipinski definition) is 24. The Balaban J connectivity index is 0.000000108. The summed E-state index contributed by atoms with van der Waals surface area (Å²) in [4.78, 5) is 145. The zero-order valence-corrected chi connectivity index (χ0v) is 69.2. The Morgan fingerprint density at radius 3 is 0.454 bits per heavy atom. The molecule has 0 unspecified atom stereocenters. The number of benzene rings is 12. The largest absolute Gasteiger partial charge is 3.00 e. The van der Waals surface area contributed by atoms with E-state index in [1.165, 1.54) is 18.2 Å². The van der Waals surface area contributed by atoms with Gasteiger partial charge in [-0.05, 0) is 0 Å². The zero-order chi connectivity index (χ0) is 86.0. The third kappa shape index (κ3) is 12.2. The monoisotopic (exact) mass is 1860 g/mol. The van der Waals surface area contributed by atoms with E-state index < -0.39 is 17.9 Å². The van der Waals surface area contributed by atoms with Crippen molar-refractivity contribution in [1.82, 2.24) is 120 Å². The van der Waals surface area contributed by atoms with Gasteiger partial charge in [0.25, 0.3) is 0 Å². The van der Waals surface area contributed by atoms with E-state index in [1.54, 1.807) is 36.4 Å². The van der Waals surface area contributed by atoms with Crippen LogP contribution >= 0.6 is 0 Å². The summed E-state index contributed by atoms with van der Waals surface area (Å²) in [7, 11) is 0. The summed E-state index contributed by atoms with van der Waals surface area (Å²) in [6, 6.07) is 84.7.